The van der Waals surface area contributed by atoms with E-state index in [9.17, 15) is 0 Å². The first-order chi connectivity index (χ1) is 5.33. The fourth-order valence-electron chi connectivity index (χ4n) is 0.673. The van der Waals surface area contributed by atoms with Crippen molar-refractivity contribution in [1.82, 2.24) is 5.16 Å². The average molecular weight is 155 g/mol. The lowest BCUT2D eigenvalue weighted by Gasteiger charge is -2.03. The van der Waals surface area contributed by atoms with Crippen LogP contribution in [0.4, 0.5) is 0 Å². The number of rotatable bonds is 4. The Morgan fingerprint density at radius 1 is 1.82 bits per heavy atom. The molecular weight excluding hydrogens is 144 g/mol. The largest absolute Gasteiger partial charge is 0.395 e. The van der Waals surface area contributed by atoms with E-state index in [1.807, 2.05) is 0 Å². The van der Waals surface area contributed by atoms with Crippen molar-refractivity contribution in [3.63, 3.8) is 0 Å². The SMILES string of the molecule is NC(CO)C[CH]c1ccno1. The van der Waals surface area contributed by atoms with Crippen LogP contribution in [0, 0.1) is 6.42 Å². The molecule has 1 rings (SSSR count). The van der Waals surface area contributed by atoms with Crippen LogP contribution in [0.5, 0.6) is 0 Å². The molecule has 1 aromatic rings. The summed E-state index contributed by atoms with van der Waals surface area (Å²) < 4.78 is 4.79. The fourth-order valence-corrected chi connectivity index (χ4v) is 0.673. The van der Waals surface area contributed by atoms with E-state index >= 15 is 0 Å². The quantitative estimate of drug-likeness (QED) is 0.638. The molecule has 1 heterocycles. The highest BCUT2D eigenvalue weighted by Crippen LogP contribution is 2.04. The van der Waals surface area contributed by atoms with Gasteiger partial charge in [0.25, 0.3) is 0 Å². The molecule has 11 heavy (non-hydrogen) atoms. The van der Waals surface area contributed by atoms with Gasteiger partial charge in [-0.25, -0.2) is 0 Å². The maximum Gasteiger partial charge on any atom is 0.140 e. The molecule has 0 aromatic carbocycles. The highest BCUT2D eigenvalue weighted by Gasteiger charge is 2.03. The molecule has 3 N–H and O–H groups in total. The van der Waals surface area contributed by atoms with Gasteiger partial charge in [-0.2, -0.15) is 0 Å². The third-order valence-electron chi connectivity index (χ3n) is 1.31. The normalized spacial score (nSPS) is 13.3. The van der Waals surface area contributed by atoms with Crippen molar-refractivity contribution in [1.29, 1.82) is 0 Å². The minimum Gasteiger partial charge on any atom is -0.395 e. The van der Waals surface area contributed by atoms with Crippen LogP contribution in [0.15, 0.2) is 16.8 Å². The third-order valence-corrected chi connectivity index (χ3v) is 1.31. The van der Waals surface area contributed by atoms with E-state index in [2.05, 4.69) is 5.16 Å². The summed E-state index contributed by atoms with van der Waals surface area (Å²) >= 11 is 0. The summed E-state index contributed by atoms with van der Waals surface area (Å²) in [6.07, 6.45) is 3.97. The predicted octanol–water partition coefficient (Wildman–Crippen LogP) is -0.0633. The monoisotopic (exact) mass is 155 g/mol. The molecule has 0 spiro atoms. The van der Waals surface area contributed by atoms with Gasteiger partial charge in [-0.05, 0) is 6.42 Å². The van der Waals surface area contributed by atoms with Gasteiger partial charge in [-0.15, -0.1) is 0 Å². The van der Waals surface area contributed by atoms with E-state index in [-0.39, 0.29) is 12.6 Å². The molecule has 0 aliphatic rings. The number of nitrogens with two attached hydrogens (primary N) is 1. The van der Waals surface area contributed by atoms with Crippen LogP contribution >= 0.6 is 0 Å². The molecule has 1 atom stereocenters. The van der Waals surface area contributed by atoms with Gasteiger partial charge in [0, 0.05) is 18.5 Å². The van der Waals surface area contributed by atoms with Gasteiger partial charge >= 0.3 is 0 Å². The van der Waals surface area contributed by atoms with E-state index in [1.165, 1.54) is 0 Å². The highest BCUT2D eigenvalue weighted by molar-refractivity contribution is 5.05. The predicted molar refractivity (Wildman–Crippen MR) is 39.6 cm³/mol. The molecule has 0 bridgehead atoms. The van der Waals surface area contributed by atoms with Crippen LogP contribution in [-0.2, 0) is 0 Å². The van der Waals surface area contributed by atoms with Crippen molar-refractivity contribution in [2.75, 3.05) is 6.61 Å². The molecule has 61 valence electrons. The molecule has 0 aliphatic heterocycles. The maximum absolute atomic E-state index is 8.57. The highest BCUT2D eigenvalue weighted by atomic mass is 16.5. The van der Waals surface area contributed by atoms with E-state index in [1.54, 1.807) is 18.7 Å². The molecule has 0 saturated carbocycles. The second-order valence-corrected chi connectivity index (χ2v) is 2.30. The molecule has 1 aromatic heterocycles. The summed E-state index contributed by atoms with van der Waals surface area (Å²) in [5.74, 6) is 0.689. The summed E-state index contributed by atoms with van der Waals surface area (Å²) in [7, 11) is 0. The van der Waals surface area contributed by atoms with Crippen molar-refractivity contribution in [3.8, 4) is 0 Å². The second-order valence-electron chi connectivity index (χ2n) is 2.30. The molecule has 1 unspecified atom stereocenters. The van der Waals surface area contributed by atoms with Gasteiger partial charge in [0.15, 0.2) is 0 Å². The van der Waals surface area contributed by atoms with Crippen molar-refractivity contribution in [3.05, 3.63) is 24.4 Å². The van der Waals surface area contributed by atoms with Crippen LogP contribution in [0.3, 0.4) is 0 Å². The summed E-state index contributed by atoms with van der Waals surface area (Å²) in [5, 5.41) is 12.1. The van der Waals surface area contributed by atoms with Gasteiger partial charge < -0.3 is 15.4 Å². The zero-order valence-electron chi connectivity index (χ0n) is 6.10. The van der Waals surface area contributed by atoms with E-state index < -0.39 is 0 Å². The summed E-state index contributed by atoms with van der Waals surface area (Å²) in [6.45, 7) is -0.00929. The number of aliphatic hydroxyl groups excluding tert-OH is 1. The van der Waals surface area contributed by atoms with E-state index in [0.29, 0.717) is 12.2 Å². The summed E-state index contributed by atoms with van der Waals surface area (Å²) in [5.41, 5.74) is 5.45. The maximum atomic E-state index is 8.57. The first-order valence-corrected chi connectivity index (χ1v) is 3.43. The molecule has 0 aliphatic carbocycles. The minimum absolute atomic E-state index is 0.00929. The zero-order chi connectivity index (χ0) is 8.10. The van der Waals surface area contributed by atoms with Gasteiger partial charge in [-0.3, -0.25) is 0 Å². The Morgan fingerprint density at radius 2 is 2.64 bits per heavy atom. The Labute approximate surface area is 65.0 Å². The van der Waals surface area contributed by atoms with Crippen LogP contribution < -0.4 is 5.73 Å². The minimum atomic E-state index is -0.208. The topological polar surface area (TPSA) is 72.3 Å². The van der Waals surface area contributed by atoms with Crippen LogP contribution in [-0.4, -0.2) is 22.9 Å². The lowest BCUT2D eigenvalue weighted by molar-refractivity contribution is 0.264. The Bertz CT molecular complexity index is 186. The number of nitrogens with zero attached hydrogens (tertiary/aromatic N) is 1. The second kappa shape index (κ2) is 4.10. The summed E-state index contributed by atoms with van der Waals surface area (Å²) in [4.78, 5) is 0. The molecule has 4 heteroatoms. The van der Waals surface area contributed by atoms with Gasteiger partial charge in [0.05, 0.1) is 12.8 Å². The fraction of sp³-hybridized carbons (Fsp3) is 0.429. The molecule has 0 saturated heterocycles. The Hall–Kier alpha value is -0.870. The van der Waals surface area contributed by atoms with Gasteiger partial charge in [0.2, 0.25) is 0 Å². The number of aliphatic hydroxyl groups is 1. The molecular formula is C7H11N2O2. The lowest BCUT2D eigenvalue weighted by atomic mass is 10.1. The molecule has 0 amide bonds. The van der Waals surface area contributed by atoms with Crippen molar-refractivity contribution >= 4 is 0 Å². The first-order valence-electron chi connectivity index (χ1n) is 3.43. The molecule has 0 fully saturated rings. The number of hydrogen-bond acceptors (Lipinski definition) is 4. The average Bonchev–Trinajstić information content (AvgIpc) is 2.52. The van der Waals surface area contributed by atoms with E-state index in [4.69, 9.17) is 15.4 Å². The zero-order valence-corrected chi connectivity index (χ0v) is 6.10. The van der Waals surface area contributed by atoms with Crippen molar-refractivity contribution in [2.45, 2.75) is 12.5 Å². The number of hydrogen-bond donors (Lipinski definition) is 2. The lowest BCUT2D eigenvalue weighted by Crippen LogP contribution is -2.24. The van der Waals surface area contributed by atoms with Crippen LogP contribution in [0.25, 0.3) is 0 Å². The number of aromatic nitrogens is 1. The van der Waals surface area contributed by atoms with Gasteiger partial charge in [0.1, 0.15) is 5.76 Å². The Balaban J connectivity index is 2.23. The van der Waals surface area contributed by atoms with Crippen LogP contribution in [0.1, 0.15) is 12.2 Å². The first kappa shape index (κ1) is 8.23. The smallest absolute Gasteiger partial charge is 0.140 e. The standard InChI is InChI=1S/C7H11N2O2/c8-6(5-10)1-2-7-3-4-9-11-7/h2-4,6,10H,1,5,8H2. The van der Waals surface area contributed by atoms with Crippen molar-refractivity contribution in [2.24, 2.45) is 5.73 Å². The van der Waals surface area contributed by atoms with Crippen LogP contribution in [0.2, 0.25) is 0 Å². The summed E-state index contributed by atoms with van der Waals surface area (Å²) in [6, 6.07) is 1.53. The third kappa shape index (κ3) is 2.69. The van der Waals surface area contributed by atoms with Gasteiger partial charge in [-0.1, -0.05) is 5.16 Å². The van der Waals surface area contributed by atoms with E-state index in [0.717, 1.165) is 0 Å². The molecule has 4 nitrogen and oxygen atoms in total. The Morgan fingerprint density at radius 3 is 3.18 bits per heavy atom. The Kier molecular flexibility index (Phi) is 3.07. The van der Waals surface area contributed by atoms with Crippen molar-refractivity contribution < 1.29 is 9.63 Å². The molecule has 1 radical (unpaired) electrons.